The van der Waals surface area contributed by atoms with Crippen LogP contribution in [0.4, 0.5) is 5.69 Å². The fraction of sp³-hybridized carbons (Fsp3) is 0.250. The van der Waals surface area contributed by atoms with Crippen molar-refractivity contribution in [1.29, 1.82) is 0 Å². The maximum Gasteiger partial charge on any atom is 0.248 e. The fourth-order valence-corrected chi connectivity index (χ4v) is 1.52. The number of nitrogens with one attached hydrogen (secondary N) is 1. The maximum absolute atomic E-state index is 11.4. The van der Waals surface area contributed by atoms with Gasteiger partial charge in [-0.05, 0) is 44.4 Å². The number of hydrogen-bond donors (Lipinski definition) is 1. The van der Waals surface area contributed by atoms with Gasteiger partial charge in [0.15, 0.2) is 0 Å². The van der Waals surface area contributed by atoms with E-state index in [0.717, 1.165) is 11.3 Å². The van der Waals surface area contributed by atoms with Gasteiger partial charge in [-0.1, -0.05) is 5.57 Å². The summed E-state index contributed by atoms with van der Waals surface area (Å²) in [7, 11) is 0. The van der Waals surface area contributed by atoms with Gasteiger partial charge >= 0.3 is 0 Å². The van der Waals surface area contributed by atoms with E-state index in [1.807, 2.05) is 44.4 Å². The Hall–Kier alpha value is -1.22. The molecule has 0 aliphatic carbocycles. The second kappa shape index (κ2) is 5.61. The lowest BCUT2D eigenvalue weighted by Gasteiger charge is -2.03. The number of allylic oxidation sites excluding steroid dienone is 1. The topological polar surface area (TPSA) is 29.1 Å². The number of anilines is 1. The molecule has 0 bridgehead atoms. The van der Waals surface area contributed by atoms with Gasteiger partial charge in [0, 0.05) is 16.7 Å². The van der Waals surface area contributed by atoms with Gasteiger partial charge in [0.05, 0.1) is 0 Å². The second-order valence-corrected chi connectivity index (χ2v) is 4.32. The Bertz CT molecular complexity index is 364. The van der Waals surface area contributed by atoms with Crippen LogP contribution in [0.3, 0.4) is 0 Å². The van der Waals surface area contributed by atoms with Crippen LogP contribution in [0.15, 0.2) is 40.8 Å². The molecule has 1 amide bonds. The number of benzene rings is 1. The normalized spacial score (nSPS) is 9.53. The molecule has 0 aliphatic heterocycles. The number of carbonyl (C=O) groups excluding carboxylic acids is 1. The molecule has 0 aromatic heterocycles. The first-order valence-corrected chi connectivity index (χ1v) is 5.94. The first kappa shape index (κ1) is 11.9. The molecular formula is C12H15NOS. The molecular weight excluding hydrogens is 206 g/mol. The molecule has 3 heteroatoms. The zero-order valence-corrected chi connectivity index (χ0v) is 10.0. The molecule has 0 heterocycles. The third-order valence-electron chi connectivity index (χ3n) is 1.78. The standard InChI is InChI=1S/C12H15NOS/c1-9(2)8-12(14)13-10-4-6-11(15-3)7-5-10/h4-8H,1-3H3,(H,13,14). The van der Waals surface area contributed by atoms with Crippen molar-refractivity contribution in [2.45, 2.75) is 18.7 Å². The van der Waals surface area contributed by atoms with Crippen molar-refractivity contribution in [2.75, 3.05) is 11.6 Å². The molecule has 0 fully saturated rings. The Morgan fingerprint density at radius 2 is 1.87 bits per heavy atom. The van der Waals surface area contributed by atoms with Gasteiger partial charge in [-0.15, -0.1) is 11.8 Å². The van der Waals surface area contributed by atoms with Crippen LogP contribution in [0.2, 0.25) is 0 Å². The highest BCUT2D eigenvalue weighted by Gasteiger charge is 1.98. The zero-order valence-electron chi connectivity index (χ0n) is 9.20. The van der Waals surface area contributed by atoms with Crippen molar-refractivity contribution >= 4 is 23.4 Å². The summed E-state index contributed by atoms with van der Waals surface area (Å²) in [5.41, 5.74) is 1.82. The molecule has 1 rings (SSSR count). The second-order valence-electron chi connectivity index (χ2n) is 3.44. The smallest absolute Gasteiger partial charge is 0.248 e. The van der Waals surface area contributed by atoms with Crippen LogP contribution in [-0.4, -0.2) is 12.2 Å². The monoisotopic (exact) mass is 221 g/mol. The molecule has 2 nitrogen and oxygen atoms in total. The lowest BCUT2D eigenvalue weighted by molar-refractivity contribution is -0.111. The first-order chi connectivity index (χ1) is 7.11. The van der Waals surface area contributed by atoms with Crippen molar-refractivity contribution in [3.8, 4) is 0 Å². The summed E-state index contributed by atoms with van der Waals surface area (Å²) in [5.74, 6) is -0.0769. The molecule has 1 N–H and O–H groups in total. The number of hydrogen-bond acceptors (Lipinski definition) is 2. The van der Waals surface area contributed by atoms with Crippen LogP contribution < -0.4 is 5.32 Å². The van der Waals surface area contributed by atoms with E-state index in [-0.39, 0.29) is 5.91 Å². The van der Waals surface area contributed by atoms with Crippen molar-refractivity contribution in [2.24, 2.45) is 0 Å². The van der Waals surface area contributed by atoms with Crippen LogP contribution >= 0.6 is 11.8 Å². The summed E-state index contributed by atoms with van der Waals surface area (Å²) in [6, 6.07) is 7.79. The van der Waals surface area contributed by atoms with E-state index in [2.05, 4.69) is 5.32 Å². The predicted octanol–water partition coefficient (Wildman–Crippen LogP) is 3.31. The maximum atomic E-state index is 11.4. The molecule has 0 aliphatic rings. The Kier molecular flexibility index (Phi) is 4.43. The van der Waals surface area contributed by atoms with E-state index in [9.17, 15) is 4.79 Å². The highest BCUT2D eigenvalue weighted by Crippen LogP contribution is 2.17. The van der Waals surface area contributed by atoms with Crippen LogP contribution in [0.5, 0.6) is 0 Å². The number of thioether (sulfide) groups is 1. The van der Waals surface area contributed by atoms with Crippen molar-refractivity contribution in [3.05, 3.63) is 35.9 Å². The lowest BCUT2D eigenvalue weighted by Crippen LogP contribution is -2.08. The Morgan fingerprint density at radius 1 is 1.27 bits per heavy atom. The average molecular weight is 221 g/mol. The molecule has 0 spiro atoms. The number of carbonyl (C=O) groups is 1. The van der Waals surface area contributed by atoms with Crippen LogP contribution in [-0.2, 0) is 4.79 Å². The van der Waals surface area contributed by atoms with E-state index in [1.54, 1.807) is 17.8 Å². The summed E-state index contributed by atoms with van der Waals surface area (Å²) in [6.07, 6.45) is 3.61. The van der Waals surface area contributed by atoms with Crippen molar-refractivity contribution < 1.29 is 4.79 Å². The Labute approximate surface area is 94.8 Å². The Balaban J connectivity index is 2.65. The molecule has 0 atom stereocenters. The minimum atomic E-state index is -0.0769. The van der Waals surface area contributed by atoms with E-state index in [4.69, 9.17) is 0 Å². The van der Waals surface area contributed by atoms with E-state index >= 15 is 0 Å². The molecule has 0 saturated carbocycles. The summed E-state index contributed by atoms with van der Waals surface area (Å²) in [5, 5.41) is 2.80. The van der Waals surface area contributed by atoms with Crippen molar-refractivity contribution in [1.82, 2.24) is 0 Å². The quantitative estimate of drug-likeness (QED) is 0.626. The first-order valence-electron chi connectivity index (χ1n) is 4.72. The zero-order chi connectivity index (χ0) is 11.3. The number of amides is 1. The van der Waals surface area contributed by atoms with Crippen LogP contribution in [0.25, 0.3) is 0 Å². The fourth-order valence-electron chi connectivity index (χ4n) is 1.11. The molecule has 0 unspecified atom stereocenters. The van der Waals surface area contributed by atoms with Gasteiger partial charge < -0.3 is 5.32 Å². The lowest BCUT2D eigenvalue weighted by atomic mass is 10.3. The highest BCUT2D eigenvalue weighted by atomic mass is 32.2. The summed E-state index contributed by atoms with van der Waals surface area (Å²) in [6.45, 7) is 3.80. The summed E-state index contributed by atoms with van der Waals surface area (Å²) in [4.78, 5) is 12.6. The molecule has 0 radical (unpaired) electrons. The van der Waals surface area contributed by atoms with Gasteiger partial charge in [0.1, 0.15) is 0 Å². The van der Waals surface area contributed by atoms with Gasteiger partial charge in [-0.25, -0.2) is 0 Å². The Morgan fingerprint density at radius 3 is 2.33 bits per heavy atom. The van der Waals surface area contributed by atoms with Crippen LogP contribution in [0.1, 0.15) is 13.8 Å². The molecule has 15 heavy (non-hydrogen) atoms. The minimum Gasteiger partial charge on any atom is -0.323 e. The highest BCUT2D eigenvalue weighted by molar-refractivity contribution is 7.98. The SMILES string of the molecule is CSc1ccc(NC(=O)C=C(C)C)cc1. The van der Waals surface area contributed by atoms with E-state index in [1.165, 1.54) is 4.90 Å². The molecule has 80 valence electrons. The predicted molar refractivity (Wildman–Crippen MR) is 66.3 cm³/mol. The summed E-state index contributed by atoms with van der Waals surface area (Å²) < 4.78 is 0. The number of rotatable bonds is 3. The largest absolute Gasteiger partial charge is 0.323 e. The van der Waals surface area contributed by atoms with Crippen molar-refractivity contribution in [3.63, 3.8) is 0 Å². The minimum absolute atomic E-state index is 0.0769. The molecule has 1 aromatic carbocycles. The van der Waals surface area contributed by atoms with Gasteiger partial charge in [-0.3, -0.25) is 4.79 Å². The third-order valence-corrected chi connectivity index (χ3v) is 2.52. The van der Waals surface area contributed by atoms with E-state index in [0.29, 0.717) is 0 Å². The van der Waals surface area contributed by atoms with Gasteiger partial charge in [-0.2, -0.15) is 0 Å². The van der Waals surface area contributed by atoms with E-state index < -0.39 is 0 Å². The third kappa shape index (κ3) is 4.21. The van der Waals surface area contributed by atoms with Gasteiger partial charge in [0.25, 0.3) is 0 Å². The van der Waals surface area contributed by atoms with Crippen LogP contribution in [0, 0.1) is 0 Å². The van der Waals surface area contributed by atoms with Gasteiger partial charge in [0.2, 0.25) is 5.91 Å². The molecule has 1 aromatic rings. The average Bonchev–Trinajstić information content (AvgIpc) is 2.17. The molecule has 0 saturated heterocycles. The summed E-state index contributed by atoms with van der Waals surface area (Å²) >= 11 is 1.68.